The van der Waals surface area contributed by atoms with Crippen LogP contribution in [-0.4, -0.2) is 21.0 Å². The molecule has 1 fully saturated rings. The first kappa shape index (κ1) is 12.5. The third-order valence-electron chi connectivity index (χ3n) is 3.04. The van der Waals surface area contributed by atoms with Crippen LogP contribution in [0.1, 0.15) is 18.4 Å². The SMILES string of the molecule is Cc1cccc(S(=O)(=O)NCC(N)C2CC2)c1. The van der Waals surface area contributed by atoms with Crippen LogP contribution in [0.5, 0.6) is 0 Å². The topological polar surface area (TPSA) is 72.2 Å². The first-order valence-corrected chi connectivity index (χ1v) is 7.29. The van der Waals surface area contributed by atoms with E-state index in [-0.39, 0.29) is 6.04 Å². The van der Waals surface area contributed by atoms with Crippen LogP contribution in [0.3, 0.4) is 0 Å². The van der Waals surface area contributed by atoms with Crippen molar-refractivity contribution in [1.29, 1.82) is 0 Å². The number of sulfonamides is 1. The summed E-state index contributed by atoms with van der Waals surface area (Å²) < 4.78 is 26.5. The Bertz CT molecular complexity index is 495. The molecule has 1 unspecified atom stereocenters. The van der Waals surface area contributed by atoms with Gasteiger partial charge in [0.2, 0.25) is 10.0 Å². The molecule has 2 rings (SSSR count). The maximum Gasteiger partial charge on any atom is 0.240 e. The van der Waals surface area contributed by atoms with E-state index in [9.17, 15) is 8.42 Å². The van der Waals surface area contributed by atoms with Gasteiger partial charge in [-0.1, -0.05) is 12.1 Å². The maximum absolute atomic E-state index is 12.0. The van der Waals surface area contributed by atoms with Crippen LogP contribution >= 0.6 is 0 Å². The van der Waals surface area contributed by atoms with E-state index in [1.165, 1.54) is 0 Å². The zero-order valence-electron chi connectivity index (χ0n) is 9.89. The Morgan fingerprint density at radius 1 is 1.47 bits per heavy atom. The summed E-state index contributed by atoms with van der Waals surface area (Å²) in [5, 5.41) is 0. The zero-order valence-corrected chi connectivity index (χ0v) is 10.7. The van der Waals surface area contributed by atoms with Crippen LogP contribution in [0.15, 0.2) is 29.2 Å². The van der Waals surface area contributed by atoms with Gasteiger partial charge >= 0.3 is 0 Å². The monoisotopic (exact) mass is 254 g/mol. The Morgan fingerprint density at radius 2 is 2.18 bits per heavy atom. The van der Waals surface area contributed by atoms with Gasteiger partial charge in [0.25, 0.3) is 0 Å². The fraction of sp³-hybridized carbons (Fsp3) is 0.500. The maximum atomic E-state index is 12.0. The van der Waals surface area contributed by atoms with E-state index < -0.39 is 10.0 Å². The van der Waals surface area contributed by atoms with Gasteiger partial charge in [-0.05, 0) is 43.4 Å². The van der Waals surface area contributed by atoms with Crippen molar-refractivity contribution in [2.75, 3.05) is 6.54 Å². The van der Waals surface area contributed by atoms with E-state index in [1.807, 2.05) is 13.0 Å². The summed E-state index contributed by atoms with van der Waals surface area (Å²) in [6.45, 7) is 2.19. The van der Waals surface area contributed by atoms with Crippen LogP contribution < -0.4 is 10.5 Å². The molecule has 17 heavy (non-hydrogen) atoms. The summed E-state index contributed by atoms with van der Waals surface area (Å²) in [6, 6.07) is 6.80. The first-order valence-electron chi connectivity index (χ1n) is 5.81. The largest absolute Gasteiger partial charge is 0.326 e. The zero-order chi connectivity index (χ0) is 12.5. The van der Waals surface area contributed by atoms with Crippen molar-refractivity contribution in [2.45, 2.75) is 30.7 Å². The lowest BCUT2D eigenvalue weighted by Crippen LogP contribution is -2.38. The highest BCUT2D eigenvalue weighted by atomic mass is 32.2. The van der Waals surface area contributed by atoms with Crippen molar-refractivity contribution in [2.24, 2.45) is 11.7 Å². The second-order valence-electron chi connectivity index (χ2n) is 4.67. The van der Waals surface area contributed by atoms with E-state index in [1.54, 1.807) is 18.2 Å². The van der Waals surface area contributed by atoms with Gasteiger partial charge in [-0.3, -0.25) is 0 Å². The number of hydrogen-bond acceptors (Lipinski definition) is 3. The average molecular weight is 254 g/mol. The smallest absolute Gasteiger partial charge is 0.240 e. The molecule has 1 aromatic rings. The van der Waals surface area contributed by atoms with Crippen LogP contribution in [0.2, 0.25) is 0 Å². The molecule has 1 aliphatic carbocycles. The van der Waals surface area contributed by atoms with Crippen LogP contribution in [0.25, 0.3) is 0 Å². The lowest BCUT2D eigenvalue weighted by atomic mass is 10.2. The summed E-state index contributed by atoms with van der Waals surface area (Å²) in [7, 11) is -3.41. The lowest BCUT2D eigenvalue weighted by molar-refractivity contribution is 0.547. The van der Waals surface area contributed by atoms with E-state index in [0.29, 0.717) is 17.4 Å². The molecule has 0 aromatic heterocycles. The minimum atomic E-state index is -3.41. The number of hydrogen-bond donors (Lipinski definition) is 2. The minimum absolute atomic E-state index is 0.0606. The van der Waals surface area contributed by atoms with E-state index in [0.717, 1.165) is 18.4 Å². The molecule has 0 saturated heterocycles. The molecule has 1 atom stereocenters. The Labute approximate surface area is 102 Å². The number of aryl methyl sites for hydroxylation is 1. The van der Waals surface area contributed by atoms with Gasteiger partial charge in [0.15, 0.2) is 0 Å². The third-order valence-corrected chi connectivity index (χ3v) is 4.46. The predicted molar refractivity (Wildman–Crippen MR) is 67.1 cm³/mol. The van der Waals surface area contributed by atoms with E-state index in [4.69, 9.17) is 5.73 Å². The summed E-state index contributed by atoms with van der Waals surface area (Å²) >= 11 is 0. The summed E-state index contributed by atoms with van der Waals surface area (Å²) in [4.78, 5) is 0.306. The Hall–Kier alpha value is -0.910. The average Bonchev–Trinajstić information content (AvgIpc) is 3.10. The van der Waals surface area contributed by atoms with Crippen LogP contribution in [0.4, 0.5) is 0 Å². The van der Waals surface area contributed by atoms with Crippen molar-refractivity contribution >= 4 is 10.0 Å². The van der Waals surface area contributed by atoms with Gasteiger partial charge in [-0.15, -0.1) is 0 Å². The van der Waals surface area contributed by atoms with Crippen molar-refractivity contribution in [3.8, 4) is 0 Å². The van der Waals surface area contributed by atoms with Crippen LogP contribution in [-0.2, 0) is 10.0 Å². The summed E-state index contributed by atoms with van der Waals surface area (Å²) in [5.41, 5.74) is 6.80. The lowest BCUT2D eigenvalue weighted by Gasteiger charge is -2.12. The molecule has 0 aliphatic heterocycles. The van der Waals surface area contributed by atoms with Gasteiger partial charge < -0.3 is 5.73 Å². The fourth-order valence-electron chi connectivity index (χ4n) is 1.76. The highest BCUT2D eigenvalue weighted by molar-refractivity contribution is 7.89. The molecule has 1 saturated carbocycles. The predicted octanol–water partition coefficient (Wildman–Crippen LogP) is 1.01. The van der Waals surface area contributed by atoms with Gasteiger partial charge in [0.05, 0.1) is 4.90 Å². The summed E-state index contributed by atoms with van der Waals surface area (Å²) in [6.07, 6.45) is 2.24. The van der Waals surface area contributed by atoms with E-state index >= 15 is 0 Å². The molecule has 0 radical (unpaired) electrons. The quantitative estimate of drug-likeness (QED) is 0.823. The van der Waals surface area contributed by atoms with Gasteiger partial charge in [0, 0.05) is 12.6 Å². The van der Waals surface area contributed by atoms with Crippen molar-refractivity contribution < 1.29 is 8.42 Å². The van der Waals surface area contributed by atoms with Crippen molar-refractivity contribution in [3.05, 3.63) is 29.8 Å². The molecular weight excluding hydrogens is 236 g/mol. The normalized spacial score (nSPS) is 18.0. The van der Waals surface area contributed by atoms with Crippen molar-refractivity contribution in [3.63, 3.8) is 0 Å². The number of rotatable bonds is 5. The minimum Gasteiger partial charge on any atom is -0.326 e. The van der Waals surface area contributed by atoms with Crippen LogP contribution in [0, 0.1) is 12.8 Å². The molecule has 0 amide bonds. The number of nitrogens with one attached hydrogen (secondary N) is 1. The van der Waals surface area contributed by atoms with Gasteiger partial charge in [-0.25, -0.2) is 13.1 Å². The summed E-state index contributed by atoms with van der Waals surface area (Å²) in [5.74, 6) is 0.496. The molecule has 0 bridgehead atoms. The molecule has 0 spiro atoms. The molecule has 5 heteroatoms. The number of benzene rings is 1. The second kappa shape index (κ2) is 4.76. The Balaban J connectivity index is 2.03. The van der Waals surface area contributed by atoms with Gasteiger partial charge in [-0.2, -0.15) is 0 Å². The molecule has 4 nitrogen and oxygen atoms in total. The molecule has 3 N–H and O–H groups in total. The molecular formula is C12H18N2O2S. The first-order chi connectivity index (χ1) is 7.99. The highest BCUT2D eigenvalue weighted by Crippen LogP contribution is 2.31. The highest BCUT2D eigenvalue weighted by Gasteiger charge is 2.29. The number of nitrogens with two attached hydrogens (primary N) is 1. The Morgan fingerprint density at radius 3 is 2.76 bits per heavy atom. The fourth-order valence-corrected chi connectivity index (χ4v) is 2.94. The standard InChI is InChI=1S/C12H18N2O2S/c1-9-3-2-4-11(7-9)17(15,16)14-8-12(13)10-5-6-10/h2-4,7,10,12,14H,5-6,8,13H2,1H3. The second-order valence-corrected chi connectivity index (χ2v) is 6.44. The molecule has 1 aliphatic rings. The molecule has 94 valence electrons. The van der Waals surface area contributed by atoms with Gasteiger partial charge in [0.1, 0.15) is 0 Å². The third kappa shape index (κ3) is 3.28. The molecule has 1 aromatic carbocycles. The molecule has 0 heterocycles. The Kier molecular flexibility index (Phi) is 3.51. The van der Waals surface area contributed by atoms with E-state index in [2.05, 4.69) is 4.72 Å². The van der Waals surface area contributed by atoms with Crippen molar-refractivity contribution in [1.82, 2.24) is 4.72 Å².